The van der Waals surface area contributed by atoms with Crippen molar-refractivity contribution in [3.05, 3.63) is 0 Å². The first kappa shape index (κ1) is 10.9. The first-order valence-corrected chi connectivity index (χ1v) is 6.02. The quantitative estimate of drug-likeness (QED) is 0.625. The molecule has 2 fully saturated rings. The first-order chi connectivity index (χ1) is 7.16. The molecule has 2 saturated heterocycles. The second-order valence-corrected chi connectivity index (χ2v) is 4.95. The van der Waals surface area contributed by atoms with Gasteiger partial charge in [-0.2, -0.15) is 0 Å². The molecule has 0 N–H and O–H groups in total. The third-order valence-corrected chi connectivity index (χ3v) is 3.40. The third-order valence-electron chi connectivity index (χ3n) is 3.40. The maximum Gasteiger partial charge on any atom is 0.306 e. The normalized spacial score (nSPS) is 37.0. The lowest BCUT2D eigenvalue weighted by molar-refractivity contribution is -0.172. The van der Waals surface area contributed by atoms with Crippen LogP contribution in [0.15, 0.2) is 0 Å². The molecule has 0 aromatic heterocycles. The molecule has 15 heavy (non-hydrogen) atoms. The topological polar surface area (TPSA) is 35.5 Å². The average molecular weight is 212 g/mol. The SMILES string of the molecule is CC(C)[C@H]1CCC[C@@H]2OC(=O)CC[C@H]2O1. The molecule has 3 atom stereocenters. The Balaban J connectivity index is 2.00. The van der Waals surface area contributed by atoms with Gasteiger partial charge in [-0.05, 0) is 31.6 Å². The number of hydrogen-bond acceptors (Lipinski definition) is 3. The molecule has 3 nitrogen and oxygen atoms in total. The lowest BCUT2D eigenvalue weighted by Gasteiger charge is -2.31. The van der Waals surface area contributed by atoms with Gasteiger partial charge in [0.15, 0.2) is 0 Å². The summed E-state index contributed by atoms with van der Waals surface area (Å²) in [6.07, 6.45) is 5.06. The molecule has 2 aliphatic heterocycles. The van der Waals surface area contributed by atoms with Crippen LogP contribution in [0.1, 0.15) is 46.0 Å². The first-order valence-electron chi connectivity index (χ1n) is 6.02. The molecule has 2 aliphatic rings. The monoisotopic (exact) mass is 212 g/mol. The highest BCUT2D eigenvalue weighted by molar-refractivity contribution is 5.70. The van der Waals surface area contributed by atoms with E-state index in [4.69, 9.17) is 9.47 Å². The van der Waals surface area contributed by atoms with Crippen molar-refractivity contribution in [3.63, 3.8) is 0 Å². The van der Waals surface area contributed by atoms with Crippen molar-refractivity contribution in [2.75, 3.05) is 0 Å². The minimum atomic E-state index is -0.0529. The molecular formula is C12H20O3. The number of rotatable bonds is 1. The highest BCUT2D eigenvalue weighted by Crippen LogP contribution is 2.30. The fourth-order valence-corrected chi connectivity index (χ4v) is 2.45. The Bertz CT molecular complexity index is 237. The van der Waals surface area contributed by atoms with Gasteiger partial charge in [-0.25, -0.2) is 0 Å². The number of ether oxygens (including phenoxy) is 2. The van der Waals surface area contributed by atoms with Crippen LogP contribution in [0.4, 0.5) is 0 Å². The van der Waals surface area contributed by atoms with Crippen molar-refractivity contribution >= 4 is 5.97 Å². The van der Waals surface area contributed by atoms with Gasteiger partial charge in [0, 0.05) is 6.42 Å². The van der Waals surface area contributed by atoms with Gasteiger partial charge in [-0.15, -0.1) is 0 Å². The van der Waals surface area contributed by atoms with E-state index in [1.165, 1.54) is 0 Å². The van der Waals surface area contributed by atoms with Crippen molar-refractivity contribution in [1.82, 2.24) is 0 Å². The molecule has 0 spiro atoms. The zero-order chi connectivity index (χ0) is 10.8. The summed E-state index contributed by atoms with van der Waals surface area (Å²) in [6.45, 7) is 4.39. The summed E-state index contributed by atoms with van der Waals surface area (Å²) >= 11 is 0. The third kappa shape index (κ3) is 2.51. The Labute approximate surface area is 91.1 Å². The van der Waals surface area contributed by atoms with Crippen LogP contribution in [0.5, 0.6) is 0 Å². The van der Waals surface area contributed by atoms with Crippen LogP contribution in [-0.2, 0) is 14.3 Å². The highest BCUT2D eigenvalue weighted by atomic mass is 16.6. The van der Waals surface area contributed by atoms with Crippen molar-refractivity contribution in [1.29, 1.82) is 0 Å². The Morgan fingerprint density at radius 2 is 2.00 bits per heavy atom. The Kier molecular flexibility index (Phi) is 3.29. The summed E-state index contributed by atoms with van der Waals surface area (Å²) in [6, 6.07) is 0. The van der Waals surface area contributed by atoms with Crippen LogP contribution in [0.25, 0.3) is 0 Å². The average Bonchev–Trinajstić information content (AvgIpc) is 2.39. The van der Waals surface area contributed by atoms with E-state index in [1.54, 1.807) is 0 Å². The van der Waals surface area contributed by atoms with Crippen molar-refractivity contribution < 1.29 is 14.3 Å². The molecule has 86 valence electrons. The van der Waals surface area contributed by atoms with Crippen LogP contribution in [0.3, 0.4) is 0 Å². The molecule has 0 saturated carbocycles. The van der Waals surface area contributed by atoms with Crippen molar-refractivity contribution in [3.8, 4) is 0 Å². The van der Waals surface area contributed by atoms with Gasteiger partial charge < -0.3 is 9.47 Å². The summed E-state index contributed by atoms with van der Waals surface area (Å²) in [7, 11) is 0. The maximum atomic E-state index is 11.2. The van der Waals surface area contributed by atoms with E-state index >= 15 is 0 Å². The Hall–Kier alpha value is -0.570. The number of carbonyl (C=O) groups excluding carboxylic acids is 1. The van der Waals surface area contributed by atoms with Crippen LogP contribution in [0, 0.1) is 5.92 Å². The summed E-state index contributed by atoms with van der Waals surface area (Å²) < 4.78 is 11.4. The van der Waals surface area contributed by atoms with Crippen molar-refractivity contribution in [2.24, 2.45) is 5.92 Å². The van der Waals surface area contributed by atoms with Gasteiger partial charge in [0.2, 0.25) is 0 Å². The molecule has 0 bridgehead atoms. The van der Waals surface area contributed by atoms with Crippen LogP contribution < -0.4 is 0 Å². The van der Waals surface area contributed by atoms with E-state index < -0.39 is 0 Å². The molecule has 0 radical (unpaired) electrons. The Morgan fingerprint density at radius 1 is 1.20 bits per heavy atom. The van der Waals surface area contributed by atoms with E-state index in [2.05, 4.69) is 13.8 Å². The van der Waals surface area contributed by atoms with Gasteiger partial charge in [0.25, 0.3) is 0 Å². The molecule has 2 rings (SSSR count). The second kappa shape index (κ2) is 4.52. The predicted molar refractivity (Wildman–Crippen MR) is 56.5 cm³/mol. The molecule has 0 aromatic rings. The van der Waals surface area contributed by atoms with Crippen LogP contribution >= 0.6 is 0 Å². The molecular weight excluding hydrogens is 192 g/mol. The van der Waals surface area contributed by atoms with E-state index in [-0.39, 0.29) is 18.2 Å². The summed E-state index contributed by atoms with van der Waals surface area (Å²) in [5.74, 6) is 0.504. The molecule has 0 aromatic carbocycles. The standard InChI is InChI=1S/C12H20O3/c1-8(2)9-4-3-5-10-11(14-9)6-7-12(13)15-10/h8-11H,3-7H2,1-2H3/t9-,10+,11-/m1/s1. The van der Waals surface area contributed by atoms with E-state index in [9.17, 15) is 4.79 Å². The fraction of sp³-hybridized carbons (Fsp3) is 0.917. The number of esters is 1. The van der Waals surface area contributed by atoms with Gasteiger partial charge in [0.05, 0.1) is 12.2 Å². The van der Waals surface area contributed by atoms with Crippen LogP contribution in [0.2, 0.25) is 0 Å². The minimum absolute atomic E-state index is 0.0231. The number of fused-ring (bicyclic) bond motifs is 1. The molecule has 3 heteroatoms. The molecule has 0 unspecified atom stereocenters. The summed E-state index contributed by atoms with van der Waals surface area (Å²) in [4.78, 5) is 11.2. The molecule has 2 heterocycles. The maximum absolute atomic E-state index is 11.2. The highest BCUT2D eigenvalue weighted by Gasteiger charge is 2.35. The Morgan fingerprint density at radius 3 is 2.73 bits per heavy atom. The lowest BCUT2D eigenvalue weighted by atomic mass is 10.00. The fourth-order valence-electron chi connectivity index (χ4n) is 2.45. The number of carbonyl (C=O) groups is 1. The van der Waals surface area contributed by atoms with E-state index in [0.29, 0.717) is 18.4 Å². The number of hydrogen-bond donors (Lipinski definition) is 0. The minimum Gasteiger partial charge on any atom is -0.460 e. The van der Waals surface area contributed by atoms with Crippen LogP contribution in [-0.4, -0.2) is 24.3 Å². The van der Waals surface area contributed by atoms with E-state index in [0.717, 1.165) is 25.7 Å². The molecule has 0 aliphatic carbocycles. The summed E-state index contributed by atoms with van der Waals surface area (Å²) in [5, 5.41) is 0. The van der Waals surface area contributed by atoms with Gasteiger partial charge in [-0.1, -0.05) is 13.8 Å². The van der Waals surface area contributed by atoms with Gasteiger partial charge in [-0.3, -0.25) is 4.79 Å². The van der Waals surface area contributed by atoms with E-state index in [1.807, 2.05) is 0 Å². The lowest BCUT2D eigenvalue weighted by Crippen LogP contribution is -2.39. The summed E-state index contributed by atoms with van der Waals surface area (Å²) in [5.41, 5.74) is 0. The van der Waals surface area contributed by atoms with Crippen molar-refractivity contribution in [2.45, 2.75) is 64.3 Å². The second-order valence-electron chi connectivity index (χ2n) is 4.95. The zero-order valence-corrected chi connectivity index (χ0v) is 9.57. The smallest absolute Gasteiger partial charge is 0.306 e. The zero-order valence-electron chi connectivity index (χ0n) is 9.57. The van der Waals surface area contributed by atoms with Gasteiger partial charge in [0.1, 0.15) is 6.10 Å². The predicted octanol–water partition coefficient (Wildman–Crippen LogP) is 2.29. The molecule has 0 amide bonds. The largest absolute Gasteiger partial charge is 0.460 e. The van der Waals surface area contributed by atoms with Gasteiger partial charge >= 0.3 is 5.97 Å².